The first-order valence-corrected chi connectivity index (χ1v) is 10.3. The van der Waals surface area contributed by atoms with Gasteiger partial charge >= 0.3 is 5.97 Å². The fourth-order valence-electron chi connectivity index (χ4n) is 3.72. The van der Waals surface area contributed by atoms with Crippen molar-refractivity contribution in [2.45, 2.75) is 39.3 Å². The highest BCUT2D eigenvalue weighted by Gasteiger charge is 2.39. The summed E-state index contributed by atoms with van der Waals surface area (Å²) in [6, 6.07) is 3.43. The summed E-state index contributed by atoms with van der Waals surface area (Å²) in [4.78, 5) is 13.5. The first-order valence-electron chi connectivity index (χ1n) is 10.3. The van der Waals surface area contributed by atoms with Crippen LogP contribution in [-0.2, 0) is 9.53 Å². The van der Waals surface area contributed by atoms with Crippen molar-refractivity contribution >= 4 is 11.7 Å². The second-order valence-corrected chi connectivity index (χ2v) is 8.68. The fourth-order valence-corrected chi connectivity index (χ4v) is 3.72. The number of methoxy groups -OCH3 is 2. The fraction of sp³-hybridized carbons (Fsp3) is 0.522. The van der Waals surface area contributed by atoms with E-state index in [1.54, 1.807) is 32.4 Å². The molecule has 8 nitrogen and oxygen atoms in total. The summed E-state index contributed by atoms with van der Waals surface area (Å²) < 4.78 is 22.7. The summed E-state index contributed by atoms with van der Waals surface area (Å²) in [5, 5.41) is 20.0. The van der Waals surface area contributed by atoms with Gasteiger partial charge in [0.15, 0.2) is 11.5 Å². The molecule has 1 aromatic carbocycles. The molecule has 2 N–H and O–H groups in total. The molecule has 0 radical (unpaired) electrons. The zero-order valence-corrected chi connectivity index (χ0v) is 18.7. The Bertz CT molecular complexity index is 885. The molecule has 2 atom stereocenters. The molecule has 0 spiro atoms. The Kier molecular flexibility index (Phi) is 6.81. The van der Waals surface area contributed by atoms with Crippen molar-refractivity contribution in [3.05, 3.63) is 35.5 Å². The molecule has 2 aliphatic heterocycles. The molecule has 0 saturated heterocycles. The highest BCUT2D eigenvalue weighted by atomic mass is 16.5. The number of aliphatic hydroxyl groups excluding tert-OH is 1. The second-order valence-electron chi connectivity index (χ2n) is 8.68. The van der Waals surface area contributed by atoms with Crippen LogP contribution in [0, 0.1) is 5.41 Å². The van der Waals surface area contributed by atoms with Gasteiger partial charge in [-0.25, -0.2) is 4.79 Å². The van der Waals surface area contributed by atoms with E-state index >= 15 is 0 Å². The van der Waals surface area contributed by atoms with Crippen LogP contribution in [0.5, 0.6) is 17.2 Å². The van der Waals surface area contributed by atoms with E-state index in [2.05, 4.69) is 20.8 Å². The van der Waals surface area contributed by atoms with Crippen molar-refractivity contribution in [2.24, 2.45) is 5.41 Å². The lowest BCUT2D eigenvalue weighted by atomic mass is 9.85. The van der Waals surface area contributed by atoms with E-state index in [1.807, 2.05) is 4.90 Å². The van der Waals surface area contributed by atoms with Gasteiger partial charge in [0, 0.05) is 38.0 Å². The van der Waals surface area contributed by atoms with Crippen LogP contribution < -0.4 is 14.2 Å². The lowest BCUT2D eigenvalue weighted by molar-refractivity contribution is -0.133. The van der Waals surface area contributed by atoms with Crippen LogP contribution in [0.3, 0.4) is 0 Å². The third-order valence-corrected chi connectivity index (χ3v) is 5.46. The molecule has 2 heterocycles. The molecule has 0 aliphatic carbocycles. The highest BCUT2D eigenvalue weighted by molar-refractivity contribution is 5.90. The van der Waals surface area contributed by atoms with Crippen molar-refractivity contribution in [2.75, 3.05) is 34.0 Å². The number of benzene rings is 1. The molecule has 3 rings (SSSR count). The number of rotatable bonds is 7. The van der Waals surface area contributed by atoms with Crippen molar-refractivity contribution in [1.82, 2.24) is 4.90 Å². The number of carboxylic acids is 1. The Morgan fingerprint density at radius 3 is 2.58 bits per heavy atom. The number of aliphatic carboxylic acids is 1. The molecular weight excluding hydrogens is 402 g/mol. The molecule has 0 saturated carbocycles. The zero-order chi connectivity index (χ0) is 22.8. The maximum Gasteiger partial charge on any atom is 0.336 e. The van der Waals surface area contributed by atoms with Gasteiger partial charge in [0.2, 0.25) is 0 Å². The number of carboxylic acid groups (broad SMARTS) is 1. The summed E-state index contributed by atoms with van der Waals surface area (Å²) in [5.74, 6) is 0.511. The molecule has 8 heteroatoms. The third kappa shape index (κ3) is 4.80. The maximum atomic E-state index is 11.7. The minimum absolute atomic E-state index is 0.0773. The van der Waals surface area contributed by atoms with Crippen LogP contribution in [0.1, 0.15) is 32.8 Å². The largest absolute Gasteiger partial charge is 0.493 e. The Morgan fingerprint density at radius 2 is 1.97 bits per heavy atom. The summed E-state index contributed by atoms with van der Waals surface area (Å²) in [5.41, 5.74) is 1.07. The summed E-state index contributed by atoms with van der Waals surface area (Å²) in [6.07, 6.45) is 2.57. The molecule has 1 aromatic rings. The first-order chi connectivity index (χ1) is 14.7. The number of fused-ring (bicyclic) bond motifs is 3. The van der Waals surface area contributed by atoms with Crippen LogP contribution in [-0.4, -0.2) is 67.3 Å². The Morgan fingerprint density at radius 1 is 1.23 bits per heavy atom. The van der Waals surface area contributed by atoms with E-state index in [-0.39, 0.29) is 17.0 Å². The van der Waals surface area contributed by atoms with E-state index in [1.165, 1.54) is 6.20 Å². The van der Waals surface area contributed by atoms with Gasteiger partial charge in [-0.2, -0.15) is 0 Å². The maximum absolute atomic E-state index is 11.7. The predicted molar refractivity (Wildman–Crippen MR) is 115 cm³/mol. The average molecular weight is 434 g/mol. The summed E-state index contributed by atoms with van der Waals surface area (Å²) in [6.45, 7) is 7.60. The predicted octanol–water partition coefficient (Wildman–Crippen LogP) is 2.90. The number of hydrogen-bond donors (Lipinski definition) is 2. The number of aliphatic hydroxyl groups is 1. The Balaban J connectivity index is 2.06. The summed E-state index contributed by atoms with van der Waals surface area (Å²) >= 11 is 0. The van der Waals surface area contributed by atoms with E-state index in [4.69, 9.17) is 18.9 Å². The average Bonchev–Trinajstić information content (AvgIpc) is 2.85. The minimum Gasteiger partial charge on any atom is -0.493 e. The van der Waals surface area contributed by atoms with Gasteiger partial charge in [0.25, 0.3) is 0 Å². The van der Waals surface area contributed by atoms with Crippen LogP contribution >= 0.6 is 0 Å². The Hall–Kier alpha value is -2.71. The zero-order valence-electron chi connectivity index (χ0n) is 18.7. The second kappa shape index (κ2) is 9.20. The standard InChI is InChI=1S/C23H31NO7/c1-23(2,3)21-13-31-18-11-20(30-8-6-7-28-4)19(29-5)9-14(18)16-10-17(25)15(22(26)27)12-24(16)21/h9-12,17,21,25H,6-8,13H2,1-5H3,(H,26,27)/t17?,21-/m0/s1. The van der Waals surface area contributed by atoms with Crippen LogP contribution in [0.2, 0.25) is 0 Å². The molecule has 0 fully saturated rings. The lowest BCUT2D eigenvalue weighted by Crippen LogP contribution is -2.45. The van der Waals surface area contributed by atoms with Gasteiger partial charge in [-0.05, 0) is 17.6 Å². The van der Waals surface area contributed by atoms with Crippen molar-refractivity contribution in [3.63, 3.8) is 0 Å². The Labute approximate surface area is 182 Å². The van der Waals surface area contributed by atoms with E-state index in [9.17, 15) is 15.0 Å². The van der Waals surface area contributed by atoms with E-state index < -0.39 is 12.1 Å². The number of hydrogen-bond acceptors (Lipinski definition) is 7. The monoisotopic (exact) mass is 433 g/mol. The lowest BCUT2D eigenvalue weighted by Gasteiger charge is -2.40. The topological polar surface area (TPSA) is 97.7 Å². The molecule has 0 aromatic heterocycles. The molecular formula is C23H31NO7. The third-order valence-electron chi connectivity index (χ3n) is 5.46. The minimum atomic E-state index is -1.23. The molecule has 2 aliphatic rings. The van der Waals surface area contributed by atoms with Crippen molar-refractivity contribution < 1.29 is 34.0 Å². The van der Waals surface area contributed by atoms with E-state index in [0.29, 0.717) is 48.3 Å². The van der Waals surface area contributed by atoms with Gasteiger partial charge in [-0.3, -0.25) is 0 Å². The van der Waals surface area contributed by atoms with Gasteiger partial charge < -0.3 is 34.1 Å². The number of ether oxygens (including phenoxy) is 4. The number of carbonyl (C=O) groups is 1. The van der Waals surface area contributed by atoms with Gasteiger partial charge in [-0.15, -0.1) is 0 Å². The van der Waals surface area contributed by atoms with Crippen LogP contribution in [0.4, 0.5) is 0 Å². The molecule has 0 amide bonds. The van der Waals surface area contributed by atoms with Crippen molar-refractivity contribution in [3.8, 4) is 17.2 Å². The molecule has 170 valence electrons. The quantitative estimate of drug-likeness (QED) is 0.634. The first kappa shape index (κ1) is 23.0. The normalized spacial score (nSPS) is 20.5. The van der Waals surface area contributed by atoms with Gasteiger partial charge in [0.05, 0.1) is 31.0 Å². The van der Waals surface area contributed by atoms with Gasteiger partial charge in [-0.1, -0.05) is 20.8 Å². The molecule has 31 heavy (non-hydrogen) atoms. The smallest absolute Gasteiger partial charge is 0.336 e. The summed E-state index contributed by atoms with van der Waals surface area (Å²) in [7, 11) is 3.20. The molecule has 1 unspecified atom stereocenters. The van der Waals surface area contributed by atoms with Crippen molar-refractivity contribution in [1.29, 1.82) is 0 Å². The van der Waals surface area contributed by atoms with Gasteiger partial charge in [0.1, 0.15) is 18.5 Å². The van der Waals surface area contributed by atoms with Crippen LogP contribution in [0.15, 0.2) is 30.0 Å². The highest BCUT2D eigenvalue weighted by Crippen LogP contribution is 2.45. The van der Waals surface area contributed by atoms with Crippen LogP contribution in [0.25, 0.3) is 5.70 Å². The number of nitrogens with zero attached hydrogens (tertiary/aromatic N) is 1. The SMILES string of the molecule is COCCCOc1cc2c(cc1OC)C1=CC(O)C(C(=O)O)=CN1[C@H](C(C)(C)C)CO2. The molecule has 0 bridgehead atoms. The van der Waals surface area contributed by atoms with E-state index in [0.717, 1.165) is 6.42 Å².